The van der Waals surface area contributed by atoms with E-state index in [2.05, 4.69) is 0 Å². The molecule has 0 fully saturated rings. The van der Waals surface area contributed by atoms with Crippen molar-refractivity contribution in [1.82, 2.24) is 0 Å². The number of carbonyl (C=O) groups excluding carboxylic acids is 1. The van der Waals surface area contributed by atoms with Crippen LogP contribution < -0.4 is 0 Å². The molecular formula is C7H9ClO. The molecule has 1 rings (SSSR count). The van der Waals surface area contributed by atoms with Gasteiger partial charge in [0.15, 0.2) is 5.78 Å². The van der Waals surface area contributed by atoms with Crippen LogP contribution >= 0.6 is 11.6 Å². The van der Waals surface area contributed by atoms with Crippen LogP contribution in [0.5, 0.6) is 0 Å². The van der Waals surface area contributed by atoms with E-state index in [4.69, 9.17) is 11.6 Å². The van der Waals surface area contributed by atoms with Gasteiger partial charge in [0.25, 0.3) is 0 Å². The van der Waals surface area contributed by atoms with E-state index in [1.54, 1.807) is 0 Å². The Morgan fingerprint density at radius 2 is 2.22 bits per heavy atom. The Bertz CT molecular complexity index is 170. The zero-order valence-corrected chi connectivity index (χ0v) is 6.16. The summed E-state index contributed by atoms with van der Waals surface area (Å²) in [6.07, 6.45) is 2.18. The van der Waals surface area contributed by atoms with Crippen molar-refractivity contribution in [1.29, 1.82) is 0 Å². The first-order chi connectivity index (χ1) is 4.25. The molecule has 0 radical (unpaired) electrons. The molecule has 0 saturated heterocycles. The lowest BCUT2D eigenvalue weighted by Gasteiger charge is -1.91. The molecular weight excluding hydrogens is 136 g/mol. The molecule has 1 aliphatic rings. The molecule has 9 heavy (non-hydrogen) atoms. The average Bonchev–Trinajstić information content (AvgIpc) is 2.12. The number of hydrogen-bond acceptors (Lipinski definition) is 1. The Hall–Kier alpha value is -0.300. The second-order valence-corrected chi connectivity index (χ2v) is 2.62. The number of allylic oxidation sites excluding steroid dienone is 2. The van der Waals surface area contributed by atoms with Crippen molar-refractivity contribution in [2.45, 2.75) is 26.2 Å². The van der Waals surface area contributed by atoms with Crippen LogP contribution in [0.4, 0.5) is 0 Å². The molecule has 0 atom stereocenters. The van der Waals surface area contributed by atoms with Crippen molar-refractivity contribution in [2.24, 2.45) is 0 Å². The first-order valence-electron chi connectivity index (χ1n) is 3.16. The molecule has 0 aromatic heterocycles. The highest BCUT2D eigenvalue weighted by Gasteiger charge is 2.18. The maximum Gasteiger partial charge on any atom is 0.160 e. The molecule has 2 heteroatoms. The largest absolute Gasteiger partial charge is 0.294 e. The Balaban J connectivity index is 2.82. The van der Waals surface area contributed by atoms with Gasteiger partial charge in [-0.3, -0.25) is 4.79 Å². The smallest absolute Gasteiger partial charge is 0.160 e. The fourth-order valence-corrected chi connectivity index (χ4v) is 1.40. The molecule has 0 aliphatic heterocycles. The van der Waals surface area contributed by atoms with E-state index in [0.717, 1.165) is 23.4 Å². The van der Waals surface area contributed by atoms with E-state index in [1.165, 1.54) is 0 Å². The Kier molecular flexibility index (Phi) is 1.91. The van der Waals surface area contributed by atoms with E-state index in [9.17, 15) is 4.79 Å². The normalized spacial score (nSPS) is 19.6. The molecule has 0 amide bonds. The second kappa shape index (κ2) is 2.53. The van der Waals surface area contributed by atoms with Gasteiger partial charge in [0, 0.05) is 17.0 Å². The van der Waals surface area contributed by atoms with Gasteiger partial charge < -0.3 is 0 Å². The number of halogens is 1. The van der Waals surface area contributed by atoms with Crippen molar-refractivity contribution in [2.75, 3.05) is 0 Å². The van der Waals surface area contributed by atoms with Crippen LogP contribution in [0.2, 0.25) is 0 Å². The molecule has 0 unspecified atom stereocenters. The molecule has 0 heterocycles. The predicted octanol–water partition coefficient (Wildman–Crippen LogP) is 2.25. The summed E-state index contributed by atoms with van der Waals surface area (Å²) in [6, 6.07) is 0. The number of ketones is 1. The Labute approximate surface area is 59.7 Å². The number of hydrogen-bond donors (Lipinski definition) is 0. The van der Waals surface area contributed by atoms with Gasteiger partial charge in [-0.15, -0.1) is 0 Å². The van der Waals surface area contributed by atoms with E-state index >= 15 is 0 Å². The fraction of sp³-hybridized carbons (Fsp3) is 0.571. The topological polar surface area (TPSA) is 17.1 Å². The maximum absolute atomic E-state index is 10.9. The molecule has 1 aliphatic carbocycles. The van der Waals surface area contributed by atoms with Crippen molar-refractivity contribution < 1.29 is 4.79 Å². The van der Waals surface area contributed by atoms with E-state index < -0.39 is 0 Å². The first kappa shape index (κ1) is 6.81. The quantitative estimate of drug-likeness (QED) is 0.552. The van der Waals surface area contributed by atoms with Crippen LogP contribution in [0.1, 0.15) is 26.2 Å². The van der Waals surface area contributed by atoms with Gasteiger partial charge in [0.1, 0.15) is 0 Å². The summed E-state index contributed by atoms with van der Waals surface area (Å²) in [5, 5.41) is 0.780. The number of rotatable bonds is 1. The molecule has 0 aromatic rings. The van der Waals surface area contributed by atoms with Gasteiger partial charge in [-0.25, -0.2) is 0 Å². The summed E-state index contributed by atoms with van der Waals surface area (Å²) in [6.45, 7) is 1.96. The van der Waals surface area contributed by atoms with Crippen molar-refractivity contribution >= 4 is 17.4 Å². The third-order valence-corrected chi connectivity index (χ3v) is 2.01. The van der Waals surface area contributed by atoms with Crippen LogP contribution in [0.3, 0.4) is 0 Å². The summed E-state index contributed by atoms with van der Waals surface area (Å²) in [7, 11) is 0. The van der Waals surface area contributed by atoms with Crippen LogP contribution in [-0.2, 0) is 4.79 Å². The number of carbonyl (C=O) groups is 1. The monoisotopic (exact) mass is 144 g/mol. The Morgan fingerprint density at radius 3 is 2.44 bits per heavy atom. The summed E-state index contributed by atoms with van der Waals surface area (Å²) in [4.78, 5) is 10.9. The van der Waals surface area contributed by atoms with Gasteiger partial charge in [0.2, 0.25) is 0 Å². The van der Waals surface area contributed by atoms with Gasteiger partial charge in [-0.05, 0) is 12.8 Å². The third-order valence-electron chi connectivity index (χ3n) is 1.59. The summed E-state index contributed by atoms with van der Waals surface area (Å²) >= 11 is 5.73. The minimum Gasteiger partial charge on any atom is -0.294 e. The van der Waals surface area contributed by atoms with Crippen molar-refractivity contribution in [3.05, 3.63) is 10.6 Å². The summed E-state index contributed by atoms with van der Waals surface area (Å²) in [5.41, 5.74) is 0.844. The highest BCUT2D eigenvalue weighted by atomic mass is 35.5. The lowest BCUT2D eigenvalue weighted by Crippen LogP contribution is -1.92. The van der Waals surface area contributed by atoms with Gasteiger partial charge in [-0.2, -0.15) is 0 Å². The lowest BCUT2D eigenvalue weighted by atomic mass is 10.2. The number of Topliss-reactive ketones (excluding diaryl/α,β-unsaturated/α-hetero) is 1. The standard InChI is InChI=1S/C7H9ClO/c1-2-5-6(8)3-4-7(5)9/h2-4H2,1H3. The van der Waals surface area contributed by atoms with E-state index in [1.807, 2.05) is 6.92 Å². The second-order valence-electron chi connectivity index (χ2n) is 2.16. The average molecular weight is 145 g/mol. The van der Waals surface area contributed by atoms with E-state index in [0.29, 0.717) is 6.42 Å². The van der Waals surface area contributed by atoms with Crippen LogP contribution in [0.15, 0.2) is 10.6 Å². The minimum absolute atomic E-state index is 0.238. The SMILES string of the molecule is CCC1=C(Cl)CCC1=O. The molecule has 1 nitrogen and oxygen atoms in total. The lowest BCUT2D eigenvalue weighted by molar-refractivity contribution is -0.115. The van der Waals surface area contributed by atoms with Crippen LogP contribution in [-0.4, -0.2) is 5.78 Å². The molecule has 0 spiro atoms. The zero-order chi connectivity index (χ0) is 6.85. The van der Waals surface area contributed by atoms with Gasteiger partial charge >= 0.3 is 0 Å². The fourth-order valence-electron chi connectivity index (χ4n) is 1.07. The predicted molar refractivity (Wildman–Crippen MR) is 37.4 cm³/mol. The highest BCUT2D eigenvalue weighted by Crippen LogP contribution is 2.27. The van der Waals surface area contributed by atoms with E-state index in [-0.39, 0.29) is 5.78 Å². The molecule has 0 bridgehead atoms. The van der Waals surface area contributed by atoms with Gasteiger partial charge in [-0.1, -0.05) is 18.5 Å². The summed E-state index contributed by atoms with van der Waals surface area (Å²) < 4.78 is 0. The zero-order valence-electron chi connectivity index (χ0n) is 5.41. The first-order valence-corrected chi connectivity index (χ1v) is 3.54. The molecule has 0 saturated carbocycles. The summed E-state index contributed by atoms with van der Waals surface area (Å²) in [5.74, 6) is 0.238. The van der Waals surface area contributed by atoms with Crippen LogP contribution in [0.25, 0.3) is 0 Å². The van der Waals surface area contributed by atoms with Crippen molar-refractivity contribution in [3.63, 3.8) is 0 Å². The molecule has 0 aromatic carbocycles. The maximum atomic E-state index is 10.9. The highest BCUT2D eigenvalue weighted by molar-refractivity contribution is 6.33. The van der Waals surface area contributed by atoms with Crippen molar-refractivity contribution in [3.8, 4) is 0 Å². The van der Waals surface area contributed by atoms with Gasteiger partial charge in [0.05, 0.1) is 0 Å². The Morgan fingerprint density at radius 1 is 1.56 bits per heavy atom. The molecule has 50 valence electrons. The van der Waals surface area contributed by atoms with Crippen LogP contribution in [0, 0.1) is 0 Å². The third kappa shape index (κ3) is 1.16. The molecule has 0 N–H and O–H groups in total. The minimum atomic E-state index is 0.238.